The molecule has 1 N–H and O–H groups in total. The molecule has 1 aliphatic carbocycles. The molecular formula is C15H20INO. The third-order valence-electron chi connectivity index (χ3n) is 3.72. The maximum atomic E-state index is 12.3. The molecular weight excluding hydrogens is 337 g/mol. The lowest BCUT2D eigenvalue weighted by atomic mass is 10.0. The first-order chi connectivity index (χ1) is 8.61. The van der Waals surface area contributed by atoms with Crippen LogP contribution in [0.25, 0.3) is 0 Å². The van der Waals surface area contributed by atoms with E-state index in [0.29, 0.717) is 12.0 Å². The van der Waals surface area contributed by atoms with Gasteiger partial charge in [-0.15, -0.1) is 0 Å². The Morgan fingerprint density at radius 2 is 1.89 bits per heavy atom. The minimum Gasteiger partial charge on any atom is -0.352 e. The summed E-state index contributed by atoms with van der Waals surface area (Å²) in [5, 5.41) is 3.20. The molecule has 1 aliphatic rings. The van der Waals surface area contributed by atoms with Crippen LogP contribution in [0.1, 0.15) is 25.0 Å². The fourth-order valence-electron chi connectivity index (χ4n) is 2.43. The zero-order valence-electron chi connectivity index (χ0n) is 10.9. The van der Waals surface area contributed by atoms with E-state index < -0.39 is 0 Å². The maximum Gasteiger partial charge on any atom is 0.224 e. The Bertz CT molecular complexity index is 405. The van der Waals surface area contributed by atoms with Gasteiger partial charge in [-0.1, -0.05) is 60.7 Å². The monoisotopic (exact) mass is 357 g/mol. The Morgan fingerprint density at radius 1 is 1.33 bits per heavy atom. The number of rotatable bonds is 4. The number of hydrogen-bond acceptors (Lipinski definition) is 1. The van der Waals surface area contributed by atoms with Crippen LogP contribution in [-0.4, -0.2) is 16.4 Å². The van der Waals surface area contributed by atoms with Crippen molar-refractivity contribution in [3.05, 3.63) is 35.4 Å². The second kappa shape index (κ2) is 6.04. The van der Waals surface area contributed by atoms with Crippen molar-refractivity contribution in [2.24, 2.45) is 11.8 Å². The van der Waals surface area contributed by atoms with Gasteiger partial charge in [0, 0.05) is 16.4 Å². The maximum absolute atomic E-state index is 12.3. The predicted molar refractivity (Wildman–Crippen MR) is 83.0 cm³/mol. The van der Waals surface area contributed by atoms with Gasteiger partial charge in [-0.25, -0.2) is 0 Å². The van der Waals surface area contributed by atoms with E-state index in [0.717, 1.165) is 17.3 Å². The molecule has 18 heavy (non-hydrogen) atoms. The first-order valence-electron chi connectivity index (χ1n) is 6.55. The molecule has 1 atom stereocenters. The first kappa shape index (κ1) is 13.8. The highest BCUT2D eigenvalue weighted by atomic mass is 127. The van der Waals surface area contributed by atoms with E-state index in [4.69, 9.17) is 0 Å². The molecule has 98 valence electrons. The molecule has 0 radical (unpaired) electrons. The van der Waals surface area contributed by atoms with E-state index >= 15 is 0 Å². The van der Waals surface area contributed by atoms with Gasteiger partial charge in [0.1, 0.15) is 0 Å². The molecule has 2 rings (SSSR count). The van der Waals surface area contributed by atoms with Crippen LogP contribution in [0.4, 0.5) is 0 Å². The van der Waals surface area contributed by atoms with Crippen LogP contribution < -0.4 is 5.32 Å². The Kier molecular flexibility index (Phi) is 4.65. The van der Waals surface area contributed by atoms with Crippen molar-refractivity contribution in [2.75, 3.05) is 4.43 Å². The molecule has 0 saturated carbocycles. The van der Waals surface area contributed by atoms with Crippen molar-refractivity contribution in [3.63, 3.8) is 0 Å². The highest BCUT2D eigenvalue weighted by Crippen LogP contribution is 2.26. The molecule has 0 fully saturated rings. The van der Waals surface area contributed by atoms with Gasteiger partial charge in [0.2, 0.25) is 5.91 Å². The standard InChI is InChI=1S/C15H20INO/c1-10(2)14(9-16)17-15(18)13-7-11-5-3-4-6-12(11)8-13/h3-6,10,13-14H,7-9H2,1-2H3,(H,17,18). The van der Waals surface area contributed by atoms with Gasteiger partial charge in [0.25, 0.3) is 0 Å². The van der Waals surface area contributed by atoms with Crippen LogP contribution in [0.3, 0.4) is 0 Å². The van der Waals surface area contributed by atoms with Crippen LogP contribution >= 0.6 is 22.6 Å². The van der Waals surface area contributed by atoms with Crippen molar-refractivity contribution >= 4 is 28.5 Å². The van der Waals surface area contributed by atoms with Gasteiger partial charge in [0.15, 0.2) is 0 Å². The smallest absolute Gasteiger partial charge is 0.224 e. The Hall–Kier alpha value is -0.580. The third-order valence-corrected chi connectivity index (χ3v) is 4.67. The number of carbonyl (C=O) groups is 1. The number of carbonyl (C=O) groups excluding carboxylic acids is 1. The molecule has 1 aromatic carbocycles. The Morgan fingerprint density at radius 3 is 2.33 bits per heavy atom. The summed E-state index contributed by atoms with van der Waals surface area (Å²) in [6.45, 7) is 4.32. The molecule has 0 spiro atoms. The molecule has 0 heterocycles. The number of amides is 1. The molecule has 2 nitrogen and oxygen atoms in total. The van der Waals surface area contributed by atoms with Crippen LogP contribution in [0.5, 0.6) is 0 Å². The predicted octanol–water partition coefficient (Wildman–Crippen LogP) is 2.98. The lowest BCUT2D eigenvalue weighted by Gasteiger charge is -2.22. The number of benzene rings is 1. The van der Waals surface area contributed by atoms with Crippen molar-refractivity contribution in [3.8, 4) is 0 Å². The summed E-state index contributed by atoms with van der Waals surface area (Å²) in [7, 11) is 0. The zero-order chi connectivity index (χ0) is 13.1. The lowest BCUT2D eigenvalue weighted by Crippen LogP contribution is -2.43. The second-order valence-electron chi connectivity index (χ2n) is 5.39. The number of nitrogens with one attached hydrogen (secondary N) is 1. The summed E-state index contributed by atoms with van der Waals surface area (Å²) in [6.07, 6.45) is 1.79. The molecule has 0 aromatic heterocycles. The van der Waals surface area contributed by atoms with Gasteiger partial charge in [-0.2, -0.15) is 0 Å². The molecule has 3 heteroatoms. The number of alkyl halides is 1. The summed E-state index contributed by atoms with van der Waals surface area (Å²) in [5.41, 5.74) is 2.68. The number of hydrogen-bond donors (Lipinski definition) is 1. The van der Waals surface area contributed by atoms with E-state index in [2.05, 4.69) is 66.0 Å². The third kappa shape index (κ3) is 3.05. The van der Waals surface area contributed by atoms with Crippen LogP contribution in [0, 0.1) is 11.8 Å². The van der Waals surface area contributed by atoms with Gasteiger partial charge in [-0.3, -0.25) is 4.79 Å². The summed E-state index contributed by atoms with van der Waals surface area (Å²) >= 11 is 2.35. The van der Waals surface area contributed by atoms with Gasteiger partial charge in [0.05, 0.1) is 0 Å². The highest BCUT2D eigenvalue weighted by Gasteiger charge is 2.28. The molecule has 0 saturated heterocycles. The average molecular weight is 357 g/mol. The fraction of sp³-hybridized carbons (Fsp3) is 0.533. The van der Waals surface area contributed by atoms with Gasteiger partial charge in [-0.05, 0) is 29.9 Å². The van der Waals surface area contributed by atoms with E-state index in [1.165, 1.54) is 11.1 Å². The fourth-order valence-corrected chi connectivity index (χ4v) is 3.67. The zero-order valence-corrected chi connectivity index (χ0v) is 13.1. The quantitative estimate of drug-likeness (QED) is 0.652. The van der Waals surface area contributed by atoms with Crippen LogP contribution in [0.15, 0.2) is 24.3 Å². The van der Waals surface area contributed by atoms with Crippen LogP contribution in [-0.2, 0) is 17.6 Å². The Labute approximate surface area is 123 Å². The van der Waals surface area contributed by atoms with Crippen LogP contribution in [0.2, 0.25) is 0 Å². The van der Waals surface area contributed by atoms with Crippen molar-refractivity contribution in [1.82, 2.24) is 5.32 Å². The largest absolute Gasteiger partial charge is 0.352 e. The minimum atomic E-state index is 0.131. The SMILES string of the molecule is CC(C)C(CI)NC(=O)C1Cc2ccccc2C1. The Balaban J connectivity index is 1.97. The average Bonchev–Trinajstić information content (AvgIpc) is 2.79. The number of halogens is 1. The molecule has 0 bridgehead atoms. The van der Waals surface area contributed by atoms with E-state index in [1.807, 2.05) is 0 Å². The van der Waals surface area contributed by atoms with Gasteiger partial charge >= 0.3 is 0 Å². The van der Waals surface area contributed by atoms with Crippen molar-refractivity contribution in [1.29, 1.82) is 0 Å². The molecule has 1 aromatic rings. The summed E-state index contributed by atoms with van der Waals surface area (Å²) in [5.74, 6) is 0.850. The second-order valence-corrected chi connectivity index (χ2v) is 6.27. The van der Waals surface area contributed by atoms with E-state index in [-0.39, 0.29) is 11.8 Å². The summed E-state index contributed by atoms with van der Waals surface area (Å²) in [4.78, 5) is 12.3. The van der Waals surface area contributed by atoms with Gasteiger partial charge < -0.3 is 5.32 Å². The normalized spacial score (nSPS) is 16.7. The topological polar surface area (TPSA) is 29.1 Å². The minimum absolute atomic E-state index is 0.131. The lowest BCUT2D eigenvalue weighted by molar-refractivity contribution is -0.125. The summed E-state index contributed by atoms with van der Waals surface area (Å²) in [6, 6.07) is 8.69. The van der Waals surface area contributed by atoms with Crippen molar-refractivity contribution < 1.29 is 4.79 Å². The highest BCUT2D eigenvalue weighted by molar-refractivity contribution is 14.1. The van der Waals surface area contributed by atoms with E-state index in [9.17, 15) is 4.79 Å². The first-order valence-corrected chi connectivity index (χ1v) is 8.07. The molecule has 1 unspecified atom stereocenters. The van der Waals surface area contributed by atoms with E-state index in [1.54, 1.807) is 0 Å². The summed E-state index contributed by atoms with van der Waals surface area (Å²) < 4.78 is 0.973. The molecule has 0 aliphatic heterocycles. The van der Waals surface area contributed by atoms with Crippen molar-refractivity contribution in [2.45, 2.75) is 32.7 Å². The number of fused-ring (bicyclic) bond motifs is 1. The molecule has 1 amide bonds.